The van der Waals surface area contributed by atoms with Crippen LogP contribution in [0.4, 0.5) is 0 Å². The second-order valence-corrected chi connectivity index (χ2v) is 3.35. The van der Waals surface area contributed by atoms with Gasteiger partial charge in [0.15, 0.2) is 0 Å². The van der Waals surface area contributed by atoms with Crippen molar-refractivity contribution < 1.29 is 5.11 Å². The first-order valence-electron chi connectivity index (χ1n) is 4.55. The van der Waals surface area contributed by atoms with Gasteiger partial charge in [0.1, 0.15) is 5.75 Å². The topological polar surface area (TPSA) is 20.2 Å². The summed E-state index contributed by atoms with van der Waals surface area (Å²) in [6.45, 7) is 6.01. The number of phenolic OH excluding ortho intramolecular Hbond substituents is 1. The lowest BCUT2D eigenvalue weighted by Crippen LogP contribution is -1.89. The number of benzene rings is 1. The lowest BCUT2D eigenvalue weighted by Gasteiger charge is -2.07. The van der Waals surface area contributed by atoms with Gasteiger partial charge in [-0.2, -0.15) is 0 Å². The quantitative estimate of drug-likeness (QED) is 0.686. The van der Waals surface area contributed by atoms with E-state index in [1.54, 1.807) is 0 Å². The number of allylic oxidation sites excluding steroid dienone is 2. The normalized spacial score (nSPS) is 11.0. The lowest BCUT2D eigenvalue weighted by molar-refractivity contribution is 0.468. The molecule has 0 aromatic heterocycles. The highest BCUT2D eigenvalue weighted by Gasteiger charge is 2.03. The number of aromatic hydroxyl groups is 1. The molecule has 0 bridgehead atoms. The Labute approximate surface area is 79.7 Å². The summed E-state index contributed by atoms with van der Waals surface area (Å²) in [4.78, 5) is 0. The molecule has 0 aliphatic heterocycles. The Morgan fingerprint density at radius 2 is 2.00 bits per heavy atom. The number of phenols is 1. The van der Waals surface area contributed by atoms with Crippen molar-refractivity contribution in [1.82, 2.24) is 0 Å². The van der Waals surface area contributed by atoms with E-state index >= 15 is 0 Å². The molecule has 1 rings (SSSR count). The van der Waals surface area contributed by atoms with E-state index in [1.807, 2.05) is 32.9 Å². The molecule has 1 nitrogen and oxygen atoms in total. The summed E-state index contributed by atoms with van der Waals surface area (Å²) in [5, 5.41) is 9.66. The molecular weight excluding hydrogens is 160 g/mol. The predicted molar refractivity (Wildman–Crippen MR) is 56.1 cm³/mol. The SMILES string of the molecule is C/C=C\Cc1c(C)cc(C)cc1O. The Balaban J connectivity index is 3.05. The van der Waals surface area contributed by atoms with E-state index in [0.29, 0.717) is 5.75 Å². The van der Waals surface area contributed by atoms with Crippen molar-refractivity contribution >= 4 is 0 Å². The maximum atomic E-state index is 9.66. The maximum absolute atomic E-state index is 9.66. The van der Waals surface area contributed by atoms with Gasteiger partial charge in [-0.05, 0) is 44.4 Å². The van der Waals surface area contributed by atoms with Crippen molar-refractivity contribution in [2.45, 2.75) is 27.2 Å². The monoisotopic (exact) mass is 176 g/mol. The van der Waals surface area contributed by atoms with Gasteiger partial charge in [0.05, 0.1) is 0 Å². The summed E-state index contributed by atoms with van der Waals surface area (Å²) < 4.78 is 0. The summed E-state index contributed by atoms with van der Waals surface area (Å²) in [7, 11) is 0. The molecular formula is C12H16O. The van der Waals surface area contributed by atoms with Gasteiger partial charge in [-0.1, -0.05) is 18.2 Å². The van der Waals surface area contributed by atoms with E-state index in [9.17, 15) is 5.11 Å². The van der Waals surface area contributed by atoms with Crippen molar-refractivity contribution in [2.75, 3.05) is 0 Å². The van der Waals surface area contributed by atoms with Gasteiger partial charge in [0.25, 0.3) is 0 Å². The zero-order chi connectivity index (χ0) is 9.84. The molecule has 1 aromatic carbocycles. The van der Waals surface area contributed by atoms with E-state index in [0.717, 1.165) is 23.1 Å². The second kappa shape index (κ2) is 4.13. The van der Waals surface area contributed by atoms with Crippen LogP contribution in [0.5, 0.6) is 5.75 Å². The van der Waals surface area contributed by atoms with Gasteiger partial charge in [-0.15, -0.1) is 0 Å². The standard InChI is InChI=1S/C12H16O/c1-4-5-6-11-10(3)7-9(2)8-12(11)13/h4-5,7-8,13H,6H2,1-3H3/b5-4-. The summed E-state index contributed by atoms with van der Waals surface area (Å²) in [5.74, 6) is 0.413. The Morgan fingerprint density at radius 1 is 1.31 bits per heavy atom. The summed E-state index contributed by atoms with van der Waals surface area (Å²) in [6.07, 6.45) is 4.87. The molecule has 0 atom stereocenters. The van der Waals surface area contributed by atoms with Gasteiger partial charge >= 0.3 is 0 Å². The van der Waals surface area contributed by atoms with Crippen LogP contribution in [0.3, 0.4) is 0 Å². The van der Waals surface area contributed by atoms with Crippen molar-refractivity contribution in [1.29, 1.82) is 0 Å². The van der Waals surface area contributed by atoms with Crippen LogP contribution in [-0.2, 0) is 6.42 Å². The average Bonchev–Trinajstić information content (AvgIpc) is 2.02. The second-order valence-electron chi connectivity index (χ2n) is 3.35. The van der Waals surface area contributed by atoms with E-state index in [4.69, 9.17) is 0 Å². The predicted octanol–water partition coefficient (Wildman–Crippen LogP) is 3.13. The summed E-state index contributed by atoms with van der Waals surface area (Å²) in [5.41, 5.74) is 3.30. The molecule has 0 heterocycles. The van der Waals surface area contributed by atoms with Crippen LogP contribution >= 0.6 is 0 Å². The fraction of sp³-hybridized carbons (Fsp3) is 0.333. The number of hydrogen-bond donors (Lipinski definition) is 1. The molecule has 0 amide bonds. The van der Waals surface area contributed by atoms with E-state index in [1.165, 1.54) is 0 Å². The molecule has 1 aromatic rings. The molecule has 1 N–H and O–H groups in total. The Bertz CT molecular complexity index is 301. The highest BCUT2D eigenvalue weighted by molar-refractivity contribution is 5.43. The minimum Gasteiger partial charge on any atom is -0.508 e. The minimum absolute atomic E-state index is 0.413. The molecule has 0 spiro atoms. The van der Waals surface area contributed by atoms with Gasteiger partial charge in [0, 0.05) is 5.56 Å². The average molecular weight is 176 g/mol. The third kappa shape index (κ3) is 2.35. The number of rotatable bonds is 2. The first kappa shape index (κ1) is 9.85. The van der Waals surface area contributed by atoms with Crippen LogP contribution in [-0.4, -0.2) is 5.11 Å². The summed E-state index contributed by atoms with van der Waals surface area (Å²) >= 11 is 0. The molecule has 70 valence electrons. The van der Waals surface area contributed by atoms with Crippen LogP contribution in [0.2, 0.25) is 0 Å². The highest BCUT2D eigenvalue weighted by atomic mass is 16.3. The largest absolute Gasteiger partial charge is 0.508 e. The van der Waals surface area contributed by atoms with Crippen LogP contribution in [0, 0.1) is 13.8 Å². The third-order valence-electron chi connectivity index (χ3n) is 2.15. The molecule has 0 fully saturated rings. The molecule has 0 radical (unpaired) electrons. The zero-order valence-electron chi connectivity index (χ0n) is 8.46. The third-order valence-corrected chi connectivity index (χ3v) is 2.15. The van der Waals surface area contributed by atoms with Gasteiger partial charge < -0.3 is 5.11 Å². The van der Waals surface area contributed by atoms with Crippen molar-refractivity contribution in [2.24, 2.45) is 0 Å². The fourth-order valence-electron chi connectivity index (χ4n) is 1.48. The van der Waals surface area contributed by atoms with Gasteiger partial charge in [-0.3, -0.25) is 0 Å². The van der Waals surface area contributed by atoms with Gasteiger partial charge in [0.2, 0.25) is 0 Å². The Kier molecular flexibility index (Phi) is 3.13. The molecule has 0 aliphatic carbocycles. The van der Waals surface area contributed by atoms with Crippen LogP contribution in [0.1, 0.15) is 23.6 Å². The Morgan fingerprint density at radius 3 is 2.54 bits per heavy atom. The molecule has 13 heavy (non-hydrogen) atoms. The minimum atomic E-state index is 0.413. The number of aryl methyl sites for hydroxylation is 2. The molecule has 1 heteroatoms. The van der Waals surface area contributed by atoms with Crippen LogP contribution < -0.4 is 0 Å². The Hall–Kier alpha value is -1.24. The van der Waals surface area contributed by atoms with Crippen molar-refractivity contribution in [3.05, 3.63) is 41.0 Å². The molecule has 0 unspecified atom stereocenters. The van der Waals surface area contributed by atoms with Crippen LogP contribution in [0.25, 0.3) is 0 Å². The summed E-state index contributed by atoms with van der Waals surface area (Å²) in [6, 6.07) is 3.91. The zero-order valence-corrected chi connectivity index (χ0v) is 8.46. The fourth-order valence-corrected chi connectivity index (χ4v) is 1.48. The van der Waals surface area contributed by atoms with Crippen molar-refractivity contribution in [3.8, 4) is 5.75 Å². The van der Waals surface area contributed by atoms with Gasteiger partial charge in [-0.25, -0.2) is 0 Å². The van der Waals surface area contributed by atoms with Crippen LogP contribution in [0.15, 0.2) is 24.3 Å². The lowest BCUT2D eigenvalue weighted by atomic mass is 10.0. The first-order chi connectivity index (χ1) is 6.15. The van der Waals surface area contributed by atoms with E-state index in [-0.39, 0.29) is 0 Å². The smallest absolute Gasteiger partial charge is 0.119 e. The van der Waals surface area contributed by atoms with E-state index in [2.05, 4.69) is 12.1 Å². The first-order valence-corrected chi connectivity index (χ1v) is 4.55. The molecule has 0 aliphatic rings. The number of hydrogen-bond acceptors (Lipinski definition) is 1. The maximum Gasteiger partial charge on any atom is 0.119 e. The highest BCUT2D eigenvalue weighted by Crippen LogP contribution is 2.23. The van der Waals surface area contributed by atoms with Crippen molar-refractivity contribution in [3.63, 3.8) is 0 Å². The molecule has 0 saturated heterocycles. The molecule has 0 saturated carbocycles. The van der Waals surface area contributed by atoms with E-state index < -0.39 is 0 Å².